The lowest BCUT2D eigenvalue weighted by Crippen LogP contribution is -2.49. The van der Waals surface area contributed by atoms with Crippen molar-refractivity contribution >= 4 is 23.2 Å². The molecular formula is C16H22ClN3O2. The molecule has 1 aromatic rings. The van der Waals surface area contributed by atoms with Crippen molar-refractivity contribution in [1.82, 2.24) is 9.80 Å². The van der Waals surface area contributed by atoms with E-state index < -0.39 is 0 Å². The third-order valence-electron chi connectivity index (χ3n) is 4.42. The number of halogens is 1. The van der Waals surface area contributed by atoms with Gasteiger partial charge in [0.25, 0.3) is 5.91 Å². The van der Waals surface area contributed by atoms with Crippen molar-refractivity contribution in [3.8, 4) is 0 Å². The van der Waals surface area contributed by atoms with Gasteiger partial charge in [0.1, 0.15) is 0 Å². The Labute approximate surface area is 136 Å². The molecule has 0 bridgehead atoms. The molecule has 2 saturated heterocycles. The zero-order chi connectivity index (χ0) is 15.5. The molecule has 2 aliphatic rings. The summed E-state index contributed by atoms with van der Waals surface area (Å²) >= 11 is 6.13. The second kappa shape index (κ2) is 6.86. The number of rotatable bonds is 3. The van der Waals surface area contributed by atoms with Gasteiger partial charge in [0, 0.05) is 45.0 Å². The molecule has 120 valence electrons. The maximum absolute atomic E-state index is 12.5. The third kappa shape index (κ3) is 3.54. The predicted octanol–water partition coefficient (Wildman–Crippen LogP) is 1.72. The highest BCUT2D eigenvalue weighted by molar-refractivity contribution is 6.34. The number of piperazine rings is 1. The molecule has 0 radical (unpaired) electrons. The van der Waals surface area contributed by atoms with Crippen molar-refractivity contribution in [3.63, 3.8) is 0 Å². The van der Waals surface area contributed by atoms with Crippen molar-refractivity contribution in [3.05, 3.63) is 28.8 Å². The number of anilines is 1. The van der Waals surface area contributed by atoms with E-state index in [2.05, 4.69) is 4.90 Å². The second-order valence-corrected chi connectivity index (χ2v) is 6.47. The van der Waals surface area contributed by atoms with Crippen molar-refractivity contribution < 1.29 is 9.53 Å². The van der Waals surface area contributed by atoms with E-state index in [0.29, 0.717) is 22.2 Å². The van der Waals surface area contributed by atoms with Crippen LogP contribution in [-0.2, 0) is 4.74 Å². The van der Waals surface area contributed by atoms with Gasteiger partial charge in [0.2, 0.25) is 0 Å². The maximum atomic E-state index is 12.5. The summed E-state index contributed by atoms with van der Waals surface area (Å²) in [5.74, 6) is 0.641. The summed E-state index contributed by atoms with van der Waals surface area (Å²) in [6, 6.07) is 5.06. The number of nitrogens with two attached hydrogens (primary N) is 1. The van der Waals surface area contributed by atoms with Crippen LogP contribution in [0.3, 0.4) is 0 Å². The molecule has 0 aromatic heterocycles. The van der Waals surface area contributed by atoms with Gasteiger partial charge in [-0.2, -0.15) is 0 Å². The van der Waals surface area contributed by atoms with Crippen LogP contribution < -0.4 is 5.73 Å². The Morgan fingerprint density at radius 1 is 1.32 bits per heavy atom. The summed E-state index contributed by atoms with van der Waals surface area (Å²) in [5, 5.41) is 0.426. The van der Waals surface area contributed by atoms with E-state index in [1.807, 2.05) is 4.90 Å². The first-order valence-corrected chi connectivity index (χ1v) is 8.15. The molecule has 22 heavy (non-hydrogen) atoms. The minimum atomic E-state index is -0.00569. The molecule has 1 unspecified atom stereocenters. The van der Waals surface area contributed by atoms with Crippen molar-refractivity contribution in [2.45, 2.75) is 6.42 Å². The lowest BCUT2D eigenvalue weighted by molar-refractivity contribution is 0.0611. The van der Waals surface area contributed by atoms with Gasteiger partial charge in [0.05, 0.1) is 17.2 Å². The number of hydrogen-bond donors (Lipinski definition) is 1. The summed E-state index contributed by atoms with van der Waals surface area (Å²) in [6.45, 7) is 6.15. The minimum absolute atomic E-state index is 0.00569. The molecule has 1 amide bonds. The van der Waals surface area contributed by atoms with Crippen LogP contribution >= 0.6 is 11.6 Å². The number of amides is 1. The summed E-state index contributed by atoms with van der Waals surface area (Å²) in [6.07, 6.45) is 1.15. The quantitative estimate of drug-likeness (QED) is 0.860. The molecule has 2 aliphatic heterocycles. The van der Waals surface area contributed by atoms with Gasteiger partial charge in [-0.3, -0.25) is 9.69 Å². The Bertz CT molecular complexity index is 538. The van der Waals surface area contributed by atoms with Gasteiger partial charge in [-0.25, -0.2) is 0 Å². The topological polar surface area (TPSA) is 58.8 Å². The first-order valence-electron chi connectivity index (χ1n) is 7.78. The van der Waals surface area contributed by atoms with Crippen LogP contribution in [0.1, 0.15) is 16.8 Å². The Balaban J connectivity index is 1.55. The molecule has 0 saturated carbocycles. The van der Waals surface area contributed by atoms with Crippen LogP contribution in [0, 0.1) is 5.92 Å². The van der Waals surface area contributed by atoms with Gasteiger partial charge < -0.3 is 15.4 Å². The largest absolute Gasteiger partial charge is 0.399 e. The standard InChI is InChI=1S/C16H22ClN3O2/c17-15-9-13(18)1-2-14(15)16(21)20-6-4-19(5-7-20)10-12-3-8-22-11-12/h1-2,9,12H,3-8,10-11,18H2. The molecule has 6 heteroatoms. The van der Waals surface area contributed by atoms with Gasteiger partial charge >= 0.3 is 0 Å². The maximum Gasteiger partial charge on any atom is 0.255 e. The molecule has 0 spiro atoms. The summed E-state index contributed by atoms with van der Waals surface area (Å²) in [5.41, 5.74) is 6.79. The van der Waals surface area contributed by atoms with Gasteiger partial charge in [0.15, 0.2) is 0 Å². The summed E-state index contributed by atoms with van der Waals surface area (Å²) in [4.78, 5) is 16.8. The zero-order valence-electron chi connectivity index (χ0n) is 12.6. The van der Waals surface area contributed by atoms with Gasteiger partial charge in [-0.05, 0) is 30.5 Å². The van der Waals surface area contributed by atoms with Crippen molar-refractivity contribution in [2.75, 3.05) is 51.7 Å². The smallest absolute Gasteiger partial charge is 0.255 e. The molecule has 3 rings (SSSR count). The van der Waals surface area contributed by atoms with E-state index in [-0.39, 0.29) is 5.91 Å². The monoisotopic (exact) mass is 323 g/mol. The molecule has 0 aliphatic carbocycles. The molecule has 5 nitrogen and oxygen atoms in total. The number of ether oxygens (including phenoxy) is 1. The van der Waals surface area contributed by atoms with Crippen LogP contribution in [-0.4, -0.2) is 61.6 Å². The minimum Gasteiger partial charge on any atom is -0.399 e. The van der Waals surface area contributed by atoms with Crippen molar-refractivity contribution in [2.24, 2.45) is 5.92 Å². The Morgan fingerprint density at radius 2 is 2.09 bits per heavy atom. The van der Waals surface area contributed by atoms with Crippen LogP contribution in [0.4, 0.5) is 5.69 Å². The van der Waals surface area contributed by atoms with Crippen molar-refractivity contribution in [1.29, 1.82) is 0 Å². The van der Waals surface area contributed by atoms with Crippen LogP contribution in [0.25, 0.3) is 0 Å². The van der Waals surface area contributed by atoms with Gasteiger partial charge in [-0.1, -0.05) is 11.6 Å². The molecule has 2 fully saturated rings. The fraction of sp³-hybridized carbons (Fsp3) is 0.562. The average Bonchev–Trinajstić information content (AvgIpc) is 3.00. The number of nitrogens with zero attached hydrogens (tertiary/aromatic N) is 2. The van der Waals surface area contributed by atoms with E-state index in [0.717, 1.165) is 52.4 Å². The number of hydrogen-bond acceptors (Lipinski definition) is 4. The van der Waals surface area contributed by atoms with E-state index in [1.165, 1.54) is 0 Å². The van der Waals surface area contributed by atoms with Crippen LogP contribution in [0.15, 0.2) is 18.2 Å². The first-order chi connectivity index (χ1) is 10.6. The first kappa shape index (κ1) is 15.6. The number of nitrogen functional groups attached to an aromatic ring is 1. The van der Waals surface area contributed by atoms with E-state index in [1.54, 1.807) is 18.2 Å². The molecule has 1 aromatic carbocycles. The highest BCUT2D eigenvalue weighted by Crippen LogP contribution is 2.22. The summed E-state index contributed by atoms with van der Waals surface area (Å²) < 4.78 is 5.42. The SMILES string of the molecule is Nc1ccc(C(=O)N2CCN(CC3CCOC3)CC2)c(Cl)c1. The van der Waals surface area contributed by atoms with Crippen LogP contribution in [0.2, 0.25) is 5.02 Å². The molecule has 1 atom stereocenters. The number of benzene rings is 1. The fourth-order valence-corrected chi connectivity index (χ4v) is 3.37. The number of carbonyl (C=O) groups is 1. The van der Waals surface area contributed by atoms with Gasteiger partial charge in [-0.15, -0.1) is 0 Å². The Hall–Kier alpha value is -1.30. The lowest BCUT2D eigenvalue weighted by Gasteiger charge is -2.35. The fourth-order valence-electron chi connectivity index (χ4n) is 3.10. The molecule has 2 N–H and O–H groups in total. The third-order valence-corrected chi connectivity index (χ3v) is 4.74. The number of carbonyl (C=O) groups excluding carboxylic acids is 1. The van der Waals surface area contributed by atoms with E-state index in [4.69, 9.17) is 22.1 Å². The molecular weight excluding hydrogens is 302 g/mol. The highest BCUT2D eigenvalue weighted by Gasteiger charge is 2.26. The predicted molar refractivity (Wildman–Crippen MR) is 87.1 cm³/mol. The Morgan fingerprint density at radius 3 is 2.73 bits per heavy atom. The van der Waals surface area contributed by atoms with E-state index >= 15 is 0 Å². The Kier molecular flexibility index (Phi) is 4.86. The summed E-state index contributed by atoms with van der Waals surface area (Å²) in [7, 11) is 0. The van der Waals surface area contributed by atoms with Crippen LogP contribution in [0.5, 0.6) is 0 Å². The average molecular weight is 324 g/mol. The second-order valence-electron chi connectivity index (χ2n) is 6.06. The highest BCUT2D eigenvalue weighted by atomic mass is 35.5. The molecule has 2 heterocycles. The zero-order valence-corrected chi connectivity index (χ0v) is 13.4. The lowest BCUT2D eigenvalue weighted by atomic mass is 10.1. The van der Waals surface area contributed by atoms with E-state index in [9.17, 15) is 4.79 Å². The normalized spacial score (nSPS) is 23.0.